The Bertz CT molecular complexity index is 1040. The molecule has 3 rings (SSSR count). The molecule has 25 heavy (non-hydrogen) atoms. The average Bonchev–Trinajstić information content (AvgIpc) is 3.01. The molecule has 0 aliphatic carbocycles. The summed E-state index contributed by atoms with van der Waals surface area (Å²) >= 11 is 0. The molecule has 0 bridgehead atoms. The maximum Gasteiger partial charge on any atom is 0.295 e. The molecular formula is C15H16N6O3S. The summed E-state index contributed by atoms with van der Waals surface area (Å²) in [4.78, 5) is 20.5. The number of aromatic nitrogens is 4. The van der Waals surface area contributed by atoms with E-state index in [1.807, 2.05) is 6.92 Å². The summed E-state index contributed by atoms with van der Waals surface area (Å²) in [6.07, 6.45) is 1.59. The Morgan fingerprint density at radius 1 is 1.16 bits per heavy atom. The fourth-order valence-corrected chi connectivity index (χ4v) is 3.01. The maximum absolute atomic E-state index is 12.3. The number of nitrogens with one attached hydrogen (secondary N) is 1. The second-order valence-electron chi connectivity index (χ2n) is 5.50. The molecule has 10 heteroatoms. The van der Waals surface area contributed by atoms with Crippen molar-refractivity contribution in [3.8, 4) is 0 Å². The third-order valence-electron chi connectivity index (χ3n) is 3.52. The van der Waals surface area contributed by atoms with Gasteiger partial charge in [0.1, 0.15) is 0 Å². The maximum atomic E-state index is 12.3. The van der Waals surface area contributed by atoms with Crippen LogP contribution < -0.4 is 5.32 Å². The lowest BCUT2D eigenvalue weighted by Crippen LogP contribution is -2.22. The lowest BCUT2D eigenvalue weighted by Gasteiger charge is -2.11. The van der Waals surface area contributed by atoms with Crippen LogP contribution in [0.1, 0.15) is 16.3 Å². The van der Waals surface area contributed by atoms with Gasteiger partial charge in [-0.2, -0.15) is 4.98 Å². The second-order valence-corrected chi connectivity index (χ2v) is 7.65. The Labute approximate surface area is 144 Å². The zero-order chi connectivity index (χ0) is 18.2. The molecule has 0 aliphatic rings. The van der Waals surface area contributed by atoms with Crippen molar-refractivity contribution >= 4 is 27.4 Å². The number of nitrogens with zero attached hydrogens (tertiary/aromatic N) is 5. The van der Waals surface area contributed by atoms with E-state index in [-0.39, 0.29) is 10.7 Å². The van der Waals surface area contributed by atoms with Gasteiger partial charge in [0, 0.05) is 31.7 Å². The van der Waals surface area contributed by atoms with Gasteiger partial charge in [0.05, 0.1) is 4.90 Å². The minimum atomic E-state index is -3.51. The van der Waals surface area contributed by atoms with Crippen molar-refractivity contribution in [3.05, 3.63) is 48.0 Å². The number of benzene rings is 1. The van der Waals surface area contributed by atoms with Gasteiger partial charge in [0.15, 0.2) is 0 Å². The van der Waals surface area contributed by atoms with Crippen LogP contribution in [0, 0.1) is 6.92 Å². The molecule has 0 radical (unpaired) electrons. The monoisotopic (exact) mass is 360 g/mol. The third kappa shape index (κ3) is 3.21. The van der Waals surface area contributed by atoms with Gasteiger partial charge in [-0.3, -0.25) is 4.79 Å². The minimum absolute atomic E-state index is 0.0215. The van der Waals surface area contributed by atoms with Crippen molar-refractivity contribution in [1.82, 2.24) is 23.9 Å². The first kappa shape index (κ1) is 17.0. The predicted octanol–water partition coefficient (Wildman–Crippen LogP) is 0.935. The molecule has 0 saturated heterocycles. The predicted molar refractivity (Wildman–Crippen MR) is 90.8 cm³/mol. The fourth-order valence-electron chi connectivity index (χ4n) is 2.11. The van der Waals surface area contributed by atoms with Crippen LogP contribution >= 0.6 is 0 Å². The summed E-state index contributed by atoms with van der Waals surface area (Å²) in [7, 11) is -0.603. The molecule has 130 valence electrons. The number of carbonyl (C=O) groups excluding carboxylic acids is 1. The Morgan fingerprint density at radius 3 is 2.44 bits per heavy atom. The number of anilines is 1. The largest absolute Gasteiger partial charge is 0.319 e. The van der Waals surface area contributed by atoms with E-state index in [1.165, 1.54) is 42.9 Å². The highest BCUT2D eigenvalue weighted by molar-refractivity contribution is 7.89. The van der Waals surface area contributed by atoms with E-state index in [0.29, 0.717) is 11.5 Å². The van der Waals surface area contributed by atoms with Gasteiger partial charge < -0.3 is 5.32 Å². The number of amides is 1. The highest BCUT2D eigenvalue weighted by atomic mass is 32.2. The fraction of sp³-hybridized carbons (Fsp3) is 0.200. The molecule has 0 fully saturated rings. The molecule has 0 spiro atoms. The zero-order valence-electron chi connectivity index (χ0n) is 13.8. The van der Waals surface area contributed by atoms with Crippen molar-refractivity contribution in [2.24, 2.45) is 0 Å². The van der Waals surface area contributed by atoms with Gasteiger partial charge in [-0.05, 0) is 37.3 Å². The SMILES string of the molecule is Cc1ccnc2nc(C(=O)Nc3ccc(S(=O)(=O)N(C)C)cc3)nn12. The second kappa shape index (κ2) is 6.22. The molecule has 1 aromatic carbocycles. The smallest absolute Gasteiger partial charge is 0.295 e. The minimum Gasteiger partial charge on any atom is -0.319 e. The summed E-state index contributed by atoms with van der Waals surface area (Å²) in [6.45, 7) is 1.83. The summed E-state index contributed by atoms with van der Waals surface area (Å²) in [6, 6.07) is 7.62. The quantitative estimate of drug-likeness (QED) is 0.741. The molecule has 0 atom stereocenters. The van der Waals surface area contributed by atoms with Crippen molar-refractivity contribution in [1.29, 1.82) is 0 Å². The van der Waals surface area contributed by atoms with Gasteiger partial charge in [-0.25, -0.2) is 22.2 Å². The number of rotatable bonds is 4. The molecule has 1 amide bonds. The third-order valence-corrected chi connectivity index (χ3v) is 5.35. The lowest BCUT2D eigenvalue weighted by molar-refractivity contribution is 0.101. The topological polar surface area (TPSA) is 110 Å². The molecule has 1 N–H and O–H groups in total. The van der Waals surface area contributed by atoms with Crippen LogP contribution in [0.25, 0.3) is 5.78 Å². The molecule has 9 nitrogen and oxygen atoms in total. The van der Waals surface area contributed by atoms with Crippen LogP contribution in [0.4, 0.5) is 5.69 Å². The summed E-state index contributed by atoms with van der Waals surface area (Å²) in [5.41, 5.74) is 1.24. The number of fused-ring (bicyclic) bond motifs is 1. The van der Waals surface area contributed by atoms with E-state index in [9.17, 15) is 13.2 Å². The van der Waals surface area contributed by atoms with Crippen LogP contribution in [0.2, 0.25) is 0 Å². The summed E-state index contributed by atoms with van der Waals surface area (Å²) < 4.78 is 26.6. The van der Waals surface area contributed by atoms with Crippen molar-refractivity contribution in [3.63, 3.8) is 0 Å². The van der Waals surface area contributed by atoms with Crippen molar-refractivity contribution in [2.45, 2.75) is 11.8 Å². The first-order valence-corrected chi connectivity index (χ1v) is 8.75. The van der Waals surface area contributed by atoms with E-state index < -0.39 is 15.9 Å². The number of hydrogen-bond acceptors (Lipinski definition) is 6. The van der Waals surface area contributed by atoms with Crippen molar-refractivity contribution in [2.75, 3.05) is 19.4 Å². The standard InChI is InChI=1S/C15H16N6O3S/c1-10-8-9-16-15-18-13(19-21(10)15)14(22)17-11-4-6-12(7-5-11)25(23,24)20(2)3/h4-9H,1-3H3,(H,17,22). The van der Waals surface area contributed by atoms with Crippen LogP contribution in [-0.2, 0) is 10.0 Å². The number of aryl methyl sites for hydroxylation is 1. The summed E-state index contributed by atoms with van der Waals surface area (Å²) in [5, 5.41) is 6.75. The van der Waals surface area contributed by atoms with E-state index >= 15 is 0 Å². The molecular weight excluding hydrogens is 344 g/mol. The number of carbonyl (C=O) groups is 1. The van der Waals surface area contributed by atoms with Gasteiger partial charge in [-0.1, -0.05) is 0 Å². The van der Waals surface area contributed by atoms with Crippen LogP contribution in [0.5, 0.6) is 0 Å². The van der Waals surface area contributed by atoms with E-state index in [0.717, 1.165) is 10.00 Å². The van der Waals surface area contributed by atoms with E-state index in [2.05, 4.69) is 20.4 Å². The van der Waals surface area contributed by atoms with Gasteiger partial charge in [0.2, 0.25) is 15.8 Å². The van der Waals surface area contributed by atoms with Gasteiger partial charge in [0.25, 0.3) is 11.7 Å². The van der Waals surface area contributed by atoms with Crippen LogP contribution in [0.3, 0.4) is 0 Å². The Hall–Kier alpha value is -2.85. The molecule has 2 heterocycles. The van der Waals surface area contributed by atoms with Crippen molar-refractivity contribution < 1.29 is 13.2 Å². The number of hydrogen-bond donors (Lipinski definition) is 1. The molecule has 0 aliphatic heterocycles. The zero-order valence-corrected chi connectivity index (χ0v) is 14.6. The lowest BCUT2D eigenvalue weighted by atomic mass is 10.3. The molecule has 2 aromatic heterocycles. The van der Waals surface area contributed by atoms with E-state index in [4.69, 9.17) is 0 Å². The molecule has 0 saturated carbocycles. The molecule has 0 unspecified atom stereocenters. The summed E-state index contributed by atoms with van der Waals surface area (Å²) in [5.74, 6) is -0.197. The average molecular weight is 360 g/mol. The van der Waals surface area contributed by atoms with Crippen LogP contribution in [0.15, 0.2) is 41.4 Å². The van der Waals surface area contributed by atoms with Crippen LogP contribution in [-0.4, -0.2) is 52.3 Å². The van der Waals surface area contributed by atoms with E-state index in [1.54, 1.807) is 12.3 Å². The number of sulfonamides is 1. The first-order valence-electron chi connectivity index (χ1n) is 7.31. The first-order chi connectivity index (χ1) is 11.8. The highest BCUT2D eigenvalue weighted by Crippen LogP contribution is 2.17. The van der Waals surface area contributed by atoms with Gasteiger partial charge >= 0.3 is 0 Å². The molecule has 3 aromatic rings. The highest BCUT2D eigenvalue weighted by Gasteiger charge is 2.18. The van der Waals surface area contributed by atoms with Gasteiger partial charge in [-0.15, -0.1) is 5.10 Å². The Balaban J connectivity index is 1.82. The Kier molecular flexibility index (Phi) is 4.23. The normalized spacial score (nSPS) is 11.8. The Morgan fingerprint density at radius 2 is 1.84 bits per heavy atom.